The van der Waals surface area contributed by atoms with Crippen LogP contribution < -0.4 is 10.5 Å². The lowest BCUT2D eigenvalue weighted by molar-refractivity contribution is 0.286. The topological polar surface area (TPSA) is 35.2 Å². The van der Waals surface area contributed by atoms with Gasteiger partial charge in [0.1, 0.15) is 5.75 Å². The molecular formula is C16H25Cl2NO. The zero-order chi connectivity index (χ0) is 15.5. The summed E-state index contributed by atoms with van der Waals surface area (Å²) in [6.45, 7) is 8.95. The molecule has 2 unspecified atom stereocenters. The molecule has 0 aromatic heterocycles. The van der Waals surface area contributed by atoms with Gasteiger partial charge in [0.05, 0.1) is 12.1 Å². The molecule has 0 bridgehead atoms. The quantitative estimate of drug-likeness (QED) is 0.782. The largest absolute Gasteiger partial charge is 0.495 e. The Bertz CT molecular complexity index is 455. The molecule has 0 heterocycles. The lowest BCUT2D eigenvalue weighted by Gasteiger charge is -2.26. The van der Waals surface area contributed by atoms with Gasteiger partial charge in [0.25, 0.3) is 0 Å². The molecule has 0 aliphatic carbocycles. The van der Waals surface area contributed by atoms with Gasteiger partial charge >= 0.3 is 0 Å². The third-order valence-electron chi connectivity index (χ3n) is 3.29. The SMILES string of the molecule is COc1cc(Cl)c(C(N)CC(C)CC(C)(C)C)cc1Cl. The zero-order valence-corrected chi connectivity index (χ0v) is 14.5. The van der Waals surface area contributed by atoms with Gasteiger partial charge in [-0.25, -0.2) is 0 Å². The molecule has 1 aromatic carbocycles. The highest BCUT2D eigenvalue weighted by Crippen LogP contribution is 2.36. The fraction of sp³-hybridized carbons (Fsp3) is 0.625. The van der Waals surface area contributed by atoms with E-state index in [0.717, 1.165) is 18.4 Å². The van der Waals surface area contributed by atoms with Crippen molar-refractivity contribution >= 4 is 23.2 Å². The number of benzene rings is 1. The summed E-state index contributed by atoms with van der Waals surface area (Å²) in [6.07, 6.45) is 2.02. The molecule has 0 aliphatic rings. The van der Waals surface area contributed by atoms with Crippen LogP contribution in [0.3, 0.4) is 0 Å². The zero-order valence-electron chi connectivity index (χ0n) is 13.0. The Morgan fingerprint density at radius 1 is 1.20 bits per heavy atom. The van der Waals surface area contributed by atoms with Gasteiger partial charge in [-0.15, -0.1) is 0 Å². The highest BCUT2D eigenvalue weighted by molar-refractivity contribution is 6.34. The third-order valence-corrected chi connectivity index (χ3v) is 3.91. The Balaban J connectivity index is 2.82. The van der Waals surface area contributed by atoms with E-state index in [1.54, 1.807) is 13.2 Å². The molecule has 1 aromatic rings. The van der Waals surface area contributed by atoms with Gasteiger partial charge in [-0.05, 0) is 35.8 Å². The Hall–Kier alpha value is -0.440. The standard InChI is InChI=1S/C16H25Cl2NO/c1-10(9-16(2,3)4)6-14(19)11-7-13(18)15(20-5)8-12(11)17/h7-8,10,14H,6,9,19H2,1-5H3. The van der Waals surface area contributed by atoms with Crippen molar-refractivity contribution in [1.29, 1.82) is 0 Å². The van der Waals surface area contributed by atoms with Crippen LogP contribution in [0.5, 0.6) is 5.75 Å². The first kappa shape index (κ1) is 17.6. The Labute approximate surface area is 132 Å². The molecule has 0 radical (unpaired) electrons. The molecule has 2 N–H and O–H groups in total. The Kier molecular flexibility index (Phi) is 6.18. The number of rotatable bonds is 5. The smallest absolute Gasteiger partial charge is 0.138 e. The molecular weight excluding hydrogens is 293 g/mol. The summed E-state index contributed by atoms with van der Waals surface area (Å²) in [5.41, 5.74) is 7.49. The fourth-order valence-corrected chi connectivity index (χ4v) is 3.22. The van der Waals surface area contributed by atoms with Crippen molar-refractivity contribution in [2.75, 3.05) is 7.11 Å². The number of halogens is 2. The van der Waals surface area contributed by atoms with E-state index < -0.39 is 0 Å². The van der Waals surface area contributed by atoms with Crippen molar-refractivity contribution in [1.82, 2.24) is 0 Å². The minimum absolute atomic E-state index is 0.108. The third kappa shape index (κ3) is 5.16. The van der Waals surface area contributed by atoms with E-state index in [4.69, 9.17) is 33.7 Å². The summed E-state index contributed by atoms with van der Waals surface area (Å²) in [5, 5.41) is 1.16. The molecule has 0 aliphatic heterocycles. The van der Waals surface area contributed by atoms with Crippen LogP contribution in [0.1, 0.15) is 52.1 Å². The summed E-state index contributed by atoms with van der Waals surface area (Å²) < 4.78 is 5.15. The summed E-state index contributed by atoms with van der Waals surface area (Å²) in [4.78, 5) is 0. The van der Waals surface area contributed by atoms with E-state index in [1.807, 2.05) is 6.07 Å². The van der Waals surface area contributed by atoms with Crippen molar-refractivity contribution in [3.8, 4) is 5.75 Å². The maximum absolute atomic E-state index is 6.29. The number of methoxy groups -OCH3 is 1. The first-order valence-electron chi connectivity index (χ1n) is 6.92. The van der Waals surface area contributed by atoms with Crippen LogP contribution in [0, 0.1) is 11.3 Å². The maximum Gasteiger partial charge on any atom is 0.138 e. The molecule has 4 heteroatoms. The van der Waals surface area contributed by atoms with E-state index in [-0.39, 0.29) is 6.04 Å². The predicted molar refractivity (Wildman–Crippen MR) is 87.8 cm³/mol. The number of hydrogen-bond acceptors (Lipinski definition) is 2. The highest BCUT2D eigenvalue weighted by atomic mass is 35.5. The molecule has 0 saturated carbocycles. The fourth-order valence-electron chi connectivity index (χ4n) is 2.67. The highest BCUT2D eigenvalue weighted by Gasteiger charge is 2.20. The van der Waals surface area contributed by atoms with Gasteiger partial charge < -0.3 is 10.5 Å². The summed E-state index contributed by atoms with van der Waals surface area (Å²) >= 11 is 12.4. The molecule has 0 saturated heterocycles. The normalized spacial score (nSPS) is 15.0. The predicted octanol–water partition coefficient (Wildman–Crippen LogP) is 5.46. The molecule has 2 atom stereocenters. The molecule has 114 valence electrons. The minimum Gasteiger partial charge on any atom is -0.495 e. The van der Waals surface area contributed by atoms with E-state index in [2.05, 4.69) is 27.7 Å². The Morgan fingerprint density at radius 3 is 2.30 bits per heavy atom. The lowest BCUT2D eigenvalue weighted by atomic mass is 9.82. The van der Waals surface area contributed by atoms with E-state index in [0.29, 0.717) is 27.1 Å². The van der Waals surface area contributed by atoms with Crippen LogP contribution in [0.15, 0.2) is 12.1 Å². The van der Waals surface area contributed by atoms with Crippen LogP contribution in [0.2, 0.25) is 10.0 Å². The number of hydrogen-bond donors (Lipinski definition) is 1. The summed E-state index contributed by atoms with van der Waals surface area (Å²) in [7, 11) is 1.57. The van der Waals surface area contributed by atoms with Crippen LogP contribution in [-0.4, -0.2) is 7.11 Å². The van der Waals surface area contributed by atoms with Crippen LogP contribution >= 0.6 is 23.2 Å². The van der Waals surface area contributed by atoms with Crippen LogP contribution in [0.25, 0.3) is 0 Å². The van der Waals surface area contributed by atoms with Crippen LogP contribution in [-0.2, 0) is 0 Å². The van der Waals surface area contributed by atoms with Gasteiger partial charge in [0.2, 0.25) is 0 Å². The average molecular weight is 318 g/mol. The van der Waals surface area contributed by atoms with E-state index >= 15 is 0 Å². The molecule has 2 nitrogen and oxygen atoms in total. The second kappa shape index (κ2) is 7.02. The monoisotopic (exact) mass is 317 g/mol. The first-order chi connectivity index (χ1) is 9.14. The van der Waals surface area contributed by atoms with Crippen molar-refractivity contribution in [3.05, 3.63) is 27.7 Å². The second-order valence-corrected chi connectivity index (χ2v) is 7.53. The van der Waals surface area contributed by atoms with E-state index in [9.17, 15) is 0 Å². The number of nitrogens with two attached hydrogens (primary N) is 1. The Morgan fingerprint density at radius 2 is 1.80 bits per heavy atom. The molecule has 0 amide bonds. The minimum atomic E-state index is -0.108. The summed E-state index contributed by atoms with van der Waals surface area (Å²) in [6, 6.07) is 3.44. The second-order valence-electron chi connectivity index (χ2n) is 6.72. The number of ether oxygens (including phenoxy) is 1. The summed E-state index contributed by atoms with van der Waals surface area (Å²) in [5.74, 6) is 1.11. The molecule has 20 heavy (non-hydrogen) atoms. The molecule has 1 rings (SSSR count). The van der Waals surface area contributed by atoms with Crippen molar-refractivity contribution in [2.24, 2.45) is 17.1 Å². The van der Waals surface area contributed by atoms with Gasteiger partial charge in [0.15, 0.2) is 0 Å². The van der Waals surface area contributed by atoms with Crippen molar-refractivity contribution < 1.29 is 4.74 Å². The van der Waals surface area contributed by atoms with Crippen molar-refractivity contribution in [2.45, 2.75) is 46.6 Å². The van der Waals surface area contributed by atoms with Gasteiger partial charge in [-0.2, -0.15) is 0 Å². The van der Waals surface area contributed by atoms with Crippen molar-refractivity contribution in [3.63, 3.8) is 0 Å². The van der Waals surface area contributed by atoms with Crippen LogP contribution in [0.4, 0.5) is 0 Å². The molecule has 0 fully saturated rings. The lowest BCUT2D eigenvalue weighted by Crippen LogP contribution is -2.18. The average Bonchev–Trinajstić information content (AvgIpc) is 2.28. The molecule has 0 spiro atoms. The van der Waals surface area contributed by atoms with E-state index in [1.165, 1.54) is 0 Å². The van der Waals surface area contributed by atoms with Gasteiger partial charge in [-0.1, -0.05) is 50.9 Å². The van der Waals surface area contributed by atoms with Gasteiger partial charge in [0, 0.05) is 17.1 Å². The van der Waals surface area contributed by atoms with Gasteiger partial charge in [-0.3, -0.25) is 0 Å². The maximum atomic E-state index is 6.29. The first-order valence-corrected chi connectivity index (χ1v) is 7.68.